The lowest BCUT2D eigenvalue weighted by Crippen LogP contribution is -2.19. The van der Waals surface area contributed by atoms with Gasteiger partial charge in [0.2, 0.25) is 0 Å². The fraction of sp³-hybridized carbons (Fsp3) is 0.364. The number of primary amides is 1. The summed E-state index contributed by atoms with van der Waals surface area (Å²) in [4.78, 5) is 10.5. The second-order valence-electron chi connectivity index (χ2n) is 3.14. The number of hydrogen-bond donors (Lipinski definition) is 1. The van der Waals surface area contributed by atoms with Crippen molar-refractivity contribution in [1.29, 1.82) is 0 Å². The fourth-order valence-corrected chi connectivity index (χ4v) is 1.13. The highest BCUT2D eigenvalue weighted by atomic mass is 16.5. The number of carbonyl (C=O) groups excluding carboxylic acids is 1. The summed E-state index contributed by atoms with van der Waals surface area (Å²) in [7, 11) is 1.67. The van der Waals surface area contributed by atoms with E-state index in [2.05, 4.69) is 0 Å². The molecule has 1 aromatic rings. The van der Waals surface area contributed by atoms with Gasteiger partial charge in [0.05, 0.1) is 6.61 Å². The van der Waals surface area contributed by atoms with Crippen LogP contribution >= 0.6 is 0 Å². The Labute approximate surface area is 89.0 Å². The van der Waals surface area contributed by atoms with E-state index in [4.69, 9.17) is 15.2 Å². The number of benzene rings is 1. The van der Waals surface area contributed by atoms with Gasteiger partial charge in [-0.1, -0.05) is 12.1 Å². The van der Waals surface area contributed by atoms with Crippen molar-refractivity contribution < 1.29 is 14.3 Å². The SMILES string of the molecule is COCCc1ccc(OCC(N)=O)cc1. The van der Waals surface area contributed by atoms with Crippen LogP contribution in [0.5, 0.6) is 5.75 Å². The molecule has 0 saturated heterocycles. The maximum Gasteiger partial charge on any atom is 0.255 e. The quantitative estimate of drug-likeness (QED) is 0.751. The number of carbonyl (C=O) groups is 1. The van der Waals surface area contributed by atoms with E-state index in [1.165, 1.54) is 5.56 Å². The van der Waals surface area contributed by atoms with Gasteiger partial charge in [0, 0.05) is 7.11 Å². The summed E-state index contributed by atoms with van der Waals surface area (Å²) in [6.07, 6.45) is 0.868. The van der Waals surface area contributed by atoms with Gasteiger partial charge in [-0.2, -0.15) is 0 Å². The first-order valence-corrected chi connectivity index (χ1v) is 4.71. The number of hydrogen-bond acceptors (Lipinski definition) is 3. The van der Waals surface area contributed by atoms with E-state index in [1.807, 2.05) is 24.3 Å². The van der Waals surface area contributed by atoms with Crippen molar-refractivity contribution in [3.05, 3.63) is 29.8 Å². The summed E-state index contributed by atoms with van der Waals surface area (Å²) < 4.78 is 10.1. The second-order valence-corrected chi connectivity index (χ2v) is 3.14. The number of nitrogens with two attached hydrogens (primary N) is 1. The molecule has 4 heteroatoms. The van der Waals surface area contributed by atoms with Crippen LogP contribution in [0.25, 0.3) is 0 Å². The molecular weight excluding hydrogens is 194 g/mol. The highest BCUT2D eigenvalue weighted by Crippen LogP contribution is 2.12. The number of rotatable bonds is 6. The van der Waals surface area contributed by atoms with Crippen molar-refractivity contribution in [3.63, 3.8) is 0 Å². The van der Waals surface area contributed by atoms with Crippen molar-refractivity contribution in [2.45, 2.75) is 6.42 Å². The molecule has 2 N–H and O–H groups in total. The average Bonchev–Trinajstić information content (AvgIpc) is 2.25. The Hall–Kier alpha value is -1.55. The minimum absolute atomic E-state index is 0.0859. The molecule has 1 rings (SSSR count). The molecule has 0 aliphatic rings. The molecule has 0 radical (unpaired) electrons. The van der Waals surface area contributed by atoms with Crippen LogP contribution in [0.3, 0.4) is 0 Å². The minimum Gasteiger partial charge on any atom is -0.484 e. The first-order valence-electron chi connectivity index (χ1n) is 4.71. The van der Waals surface area contributed by atoms with Crippen LogP contribution in [0, 0.1) is 0 Å². The van der Waals surface area contributed by atoms with Crippen molar-refractivity contribution in [3.8, 4) is 5.75 Å². The Morgan fingerprint density at radius 2 is 2.00 bits per heavy atom. The van der Waals surface area contributed by atoms with E-state index in [1.54, 1.807) is 7.11 Å². The van der Waals surface area contributed by atoms with Crippen molar-refractivity contribution in [2.24, 2.45) is 5.73 Å². The van der Waals surface area contributed by atoms with Crippen LogP contribution in [-0.4, -0.2) is 26.2 Å². The summed E-state index contributed by atoms with van der Waals surface area (Å²) in [6, 6.07) is 7.51. The van der Waals surface area contributed by atoms with Gasteiger partial charge in [-0.3, -0.25) is 4.79 Å². The fourth-order valence-electron chi connectivity index (χ4n) is 1.13. The smallest absolute Gasteiger partial charge is 0.255 e. The summed E-state index contributed by atoms with van der Waals surface area (Å²) in [6.45, 7) is 0.610. The molecule has 0 unspecified atom stereocenters. The maximum absolute atomic E-state index is 10.5. The van der Waals surface area contributed by atoms with Crippen LogP contribution in [0.1, 0.15) is 5.56 Å². The molecule has 0 spiro atoms. The van der Waals surface area contributed by atoms with Crippen LogP contribution in [0.4, 0.5) is 0 Å². The topological polar surface area (TPSA) is 61.6 Å². The molecule has 0 atom stereocenters. The lowest BCUT2D eigenvalue weighted by molar-refractivity contribution is -0.119. The molecular formula is C11H15NO3. The van der Waals surface area contributed by atoms with Gasteiger partial charge in [-0.25, -0.2) is 0 Å². The Balaban J connectivity index is 2.45. The predicted octanol–water partition coefficient (Wildman–Crippen LogP) is 0.740. The molecule has 0 aliphatic carbocycles. The van der Waals surface area contributed by atoms with Crippen molar-refractivity contribution in [1.82, 2.24) is 0 Å². The summed E-state index contributed by atoms with van der Waals surface area (Å²) in [5.41, 5.74) is 6.13. The third-order valence-corrected chi connectivity index (χ3v) is 1.90. The molecule has 0 fully saturated rings. The van der Waals surface area contributed by atoms with Gasteiger partial charge >= 0.3 is 0 Å². The predicted molar refractivity (Wildman–Crippen MR) is 56.7 cm³/mol. The Kier molecular flexibility index (Phi) is 4.63. The summed E-state index contributed by atoms with van der Waals surface area (Å²) in [5.74, 6) is 0.174. The standard InChI is InChI=1S/C11H15NO3/c1-14-7-6-9-2-4-10(5-3-9)15-8-11(12)13/h2-5H,6-8H2,1H3,(H2,12,13). The maximum atomic E-state index is 10.5. The van der Waals surface area contributed by atoms with Gasteiger partial charge in [-0.05, 0) is 24.1 Å². The van der Waals surface area contributed by atoms with E-state index in [0.29, 0.717) is 12.4 Å². The van der Waals surface area contributed by atoms with E-state index < -0.39 is 5.91 Å². The zero-order valence-corrected chi connectivity index (χ0v) is 8.73. The zero-order valence-electron chi connectivity index (χ0n) is 8.73. The largest absolute Gasteiger partial charge is 0.484 e. The van der Waals surface area contributed by atoms with E-state index >= 15 is 0 Å². The third kappa shape index (κ3) is 4.46. The number of ether oxygens (including phenoxy) is 2. The molecule has 0 bridgehead atoms. The van der Waals surface area contributed by atoms with Gasteiger partial charge in [0.25, 0.3) is 5.91 Å². The lowest BCUT2D eigenvalue weighted by Gasteiger charge is -2.04. The number of amides is 1. The van der Waals surface area contributed by atoms with E-state index in [0.717, 1.165) is 6.42 Å². The van der Waals surface area contributed by atoms with Crippen LogP contribution in [0.15, 0.2) is 24.3 Å². The molecule has 0 aliphatic heterocycles. The molecule has 1 aromatic carbocycles. The molecule has 0 heterocycles. The highest BCUT2D eigenvalue weighted by Gasteiger charge is 1.97. The normalized spacial score (nSPS) is 9.93. The highest BCUT2D eigenvalue weighted by molar-refractivity contribution is 5.75. The summed E-state index contributed by atoms with van der Waals surface area (Å²) in [5, 5.41) is 0. The Morgan fingerprint density at radius 3 is 2.53 bits per heavy atom. The third-order valence-electron chi connectivity index (χ3n) is 1.90. The van der Waals surface area contributed by atoms with Gasteiger partial charge in [-0.15, -0.1) is 0 Å². The van der Waals surface area contributed by atoms with Gasteiger partial charge in [0.15, 0.2) is 6.61 Å². The second kappa shape index (κ2) is 6.03. The van der Waals surface area contributed by atoms with Gasteiger partial charge < -0.3 is 15.2 Å². The first kappa shape index (κ1) is 11.5. The van der Waals surface area contributed by atoms with Gasteiger partial charge in [0.1, 0.15) is 5.75 Å². The van der Waals surface area contributed by atoms with Crippen LogP contribution in [-0.2, 0) is 16.0 Å². The summed E-state index contributed by atoms with van der Waals surface area (Å²) >= 11 is 0. The molecule has 82 valence electrons. The molecule has 0 aromatic heterocycles. The average molecular weight is 209 g/mol. The van der Waals surface area contributed by atoms with Crippen LogP contribution in [0.2, 0.25) is 0 Å². The molecule has 1 amide bonds. The van der Waals surface area contributed by atoms with E-state index in [-0.39, 0.29) is 6.61 Å². The minimum atomic E-state index is -0.474. The Bertz CT molecular complexity index is 308. The number of methoxy groups -OCH3 is 1. The lowest BCUT2D eigenvalue weighted by atomic mass is 10.1. The molecule has 4 nitrogen and oxygen atoms in total. The zero-order chi connectivity index (χ0) is 11.1. The van der Waals surface area contributed by atoms with Crippen molar-refractivity contribution in [2.75, 3.05) is 20.3 Å². The van der Waals surface area contributed by atoms with Crippen molar-refractivity contribution >= 4 is 5.91 Å². The monoisotopic (exact) mass is 209 g/mol. The first-order chi connectivity index (χ1) is 7.22. The Morgan fingerprint density at radius 1 is 1.33 bits per heavy atom. The van der Waals surface area contributed by atoms with E-state index in [9.17, 15) is 4.79 Å². The molecule has 15 heavy (non-hydrogen) atoms. The molecule has 0 saturated carbocycles. The van der Waals surface area contributed by atoms with Crippen LogP contribution < -0.4 is 10.5 Å².